The predicted molar refractivity (Wildman–Crippen MR) is 55.1 cm³/mol. The summed E-state index contributed by atoms with van der Waals surface area (Å²) in [5.41, 5.74) is 1.21. The van der Waals surface area contributed by atoms with Gasteiger partial charge in [0.1, 0.15) is 11.8 Å². The van der Waals surface area contributed by atoms with Gasteiger partial charge in [-0.25, -0.2) is 9.97 Å². The first-order valence-corrected chi connectivity index (χ1v) is 4.36. The van der Waals surface area contributed by atoms with E-state index in [2.05, 4.69) is 31.8 Å². The highest BCUT2D eigenvalue weighted by atomic mass is 16.1. The second-order valence-corrected chi connectivity index (χ2v) is 2.89. The van der Waals surface area contributed by atoms with Crippen LogP contribution < -0.4 is 5.32 Å². The predicted octanol–water partition coefficient (Wildman–Crippen LogP) is 0.867. The molecule has 6 nitrogen and oxygen atoms in total. The number of H-pyrrole nitrogens is 1. The van der Waals surface area contributed by atoms with Gasteiger partial charge in [0, 0.05) is 6.42 Å². The van der Waals surface area contributed by atoms with Crippen molar-refractivity contribution < 1.29 is 4.79 Å². The average molecular weight is 203 g/mol. The molecule has 2 aromatic heterocycles. The summed E-state index contributed by atoms with van der Waals surface area (Å²) in [7, 11) is 0. The molecular weight excluding hydrogens is 194 g/mol. The fourth-order valence-electron chi connectivity index (χ4n) is 1.14. The lowest BCUT2D eigenvalue weighted by atomic mass is 10.4. The largest absolute Gasteiger partial charge is 0.321 e. The normalized spacial score (nSPS) is 10.1. The number of carbonyl (C=O) groups excluding carboxylic acids is 1. The zero-order valence-electron chi connectivity index (χ0n) is 7.90. The molecule has 0 aromatic carbocycles. The summed E-state index contributed by atoms with van der Waals surface area (Å²) in [4.78, 5) is 25.9. The molecule has 0 saturated carbocycles. The van der Waals surface area contributed by atoms with Gasteiger partial charge < -0.3 is 4.98 Å². The summed E-state index contributed by atoms with van der Waals surface area (Å²) in [6.45, 7) is 3.47. The SMILES string of the molecule is C=CCC(=O)Nc1nc2ncncc2[nH]1. The second kappa shape index (κ2) is 3.87. The van der Waals surface area contributed by atoms with E-state index >= 15 is 0 Å². The van der Waals surface area contributed by atoms with Crippen molar-refractivity contribution >= 4 is 23.0 Å². The van der Waals surface area contributed by atoms with E-state index in [4.69, 9.17) is 0 Å². The zero-order valence-corrected chi connectivity index (χ0v) is 7.90. The number of amides is 1. The number of carbonyl (C=O) groups is 1. The maximum absolute atomic E-state index is 11.2. The highest BCUT2D eigenvalue weighted by Crippen LogP contribution is 2.09. The van der Waals surface area contributed by atoms with E-state index in [1.807, 2.05) is 0 Å². The average Bonchev–Trinajstić information content (AvgIpc) is 2.59. The Bertz CT molecular complexity index is 471. The van der Waals surface area contributed by atoms with Gasteiger partial charge in [-0.1, -0.05) is 6.08 Å². The van der Waals surface area contributed by atoms with Crippen LogP contribution >= 0.6 is 0 Å². The summed E-state index contributed by atoms with van der Waals surface area (Å²) < 4.78 is 0. The highest BCUT2D eigenvalue weighted by Gasteiger charge is 2.05. The Balaban J connectivity index is 2.22. The molecule has 2 aromatic rings. The molecule has 6 heteroatoms. The minimum Gasteiger partial charge on any atom is -0.321 e. The van der Waals surface area contributed by atoms with Gasteiger partial charge in [-0.2, -0.15) is 4.98 Å². The Kier molecular flexibility index (Phi) is 2.40. The van der Waals surface area contributed by atoms with E-state index in [1.54, 1.807) is 6.20 Å². The fourth-order valence-corrected chi connectivity index (χ4v) is 1.14. The number of nitrogens with zero attached hydrogens (tertiary/aromatic N) is 3. The minimum atomic E-state index is -0.169. The molecule has 0 aliphatic rings. The molecule has 76 valence electrons. The fraction of sp³-hybridized carbons (Fsp3) is 0.111. The van der Waals surface area contributed by atoms with Gasteiger partial charge in [0.2, 0.25) is 11.9 Å². The lowest BCUT2D eigenvalue weighted by Gasteiger charge is -1.96. The third kappa shape index (κ3) is 1.98. The van der Waals surface area contributed by atoms with Crippen LogP contribution in [-0.4, -0.2) is 25.8 Å². The van der Waals surface area contributed by atoms with Gasteiger partial charge in [0.25, 0.3) is 0 Å². The number of nitrogens with one attached hydrogen (secondary N) is 2. The van der Waals surface area contributed by atoms with Gasteiger partial charge in [0.05, 0.1) is 6.20 Å². The number of aromatic nitrogens is 4. The minimum absolute atomic E-state index is 0.169. The third-order valence-electron chi connectivity index (χ3n) is 1.75. The van der Waals surface area contributed by atoms with E-state index in [-0.39, 0.29) is 12.3 Å². The third-order valence-corrected chi connectivity index (χ3v) is 1.75. The number of imidazole rings is 1. The van der Waals surface area contributed by atoms with Crippen LogP contribution in [0.1, 0.15) is 6.42 Å². The van der Waals surface area contributed by atoms with E-state index in [0.717, 1.165) is 0 Å². The van der Waals surface area contributed by atoms with Crippen molar-refractivity contribution in [1.82, 2.24) is 19.9 Å². The molecule has 0 aliphatic heterocycles. The van der Waals surface area contributed by atoms with Crippen LogP contribution in [0.15, 0.2) is 25.2 Å². The molecule has 0 unspecified atom stereocenters. The van der Waals surface area contributed by atoms with E-state index in [1.165, 1.54) is 12.4 Å². The number of fused-ring (bicyclic) bond motifs is 1. The summed E-state index contributed by atoms with van der Waals surface area (Å²) >= 11 is 0. The Morgan fingerprint density at radius 1 is 1.67 bits per heavy atom. The van der Waals surface area contributed by atoms with Crippen LogP contribution in [0, 0.1) is 0 Å². The monoisotopic (exact) mass is 203 g/mol. The van der Waals surface area contributed by atoms with Crippen LogP contribution in [0.2, 0.25) is 0 Å². The maximum atomic E-state index is 11.2. The molecule has 0 saturated heterocycles. The standard InChI is InChI=1S/C9H9N5O/c1-2-3-7(15)13-9-12-6-4-10-5-11-8(6)14-9/h2,4-5H,1,3H2,(H2,10,11,12,13,14,15). The van der Waals surface area contributed by atoms with Crippen molar-refractivity contribution in [2.45, 2.75) is 6.42 Å². The number of hydrogen-bond acceptors (Lipinski definition) is 4. The van der Waals surface area contributed by atoms with Crippen LogP contribution in [0.3, 0.4) is 0 Å². The van der Waals surface area contributed by atoms with Crippen molar-refractivity contribution in [2.24, 2.45) is 0 Å². The van der Waals surface area contributed by atoms with E-state index in [0.29, 0.717) is 17.1 Å². The van der Waals surface area contributed by atoms with Crippen LogP contribution in [0.25, 0.3) is 11.2 Å². The van der Waals surface area contributed by atoms with Gasteiger partial charge in [-0.3, -0.25) is 10.1 Å². The van der Waals surface area contributed by atoms with Gasteiger partial charge in [0.15, 0.2) is 5.65 Å². The zero-order chi connectivity index (χ0) is 10.7. The van der Waals surface area contributed by atoms with Crippen molar-refractivity contribution in [3.05, 3.63) is 25.2 Å². The van der Waals surface area contributed by atoms with Crippen molar-refractivity contribution in [1.29, 1.82) is 0 Å². The maximum Gasteiger partial charge on any atom is 0.230 e. The van der Waals surface area contributed by atoms with Crippen molar-refractivity contribution in [2.75, 3.05) is 5.32 Å². The summed E-state index contributed by atoms with van der Waals surface area (Å²) in [5, 5.41) is 2.59. The number of hydrogen-bond donors (Lipinski definition) is 2. The first kappa shape index (κ1) is 9.32. The number of aromatic amines is 1. The molecule has 0 aliphatic carbocycles. The number of rotatable bonds is 3. The Hall–Kier alpha value is -2.24. The first-order chi connectivity index (χ1) is 7.29. The van der Waals surface area contributed by atoms with E-state index < -0.39 is 0 Å². The topological polar surface area (TPSA) is 83.6 Å². The Morgan fingerprint density at radius 2 is 2.53 bits per heavy atom. The first-order valence-electron chi connectivity index (χ1n) is 4.36. The van der Waals surface area contributed by atoms with Crippen LogP contribution in [-0.2, 0) is 4.79 Å². The van der Waals surface area contributed by atoms with Crippen LogP contribution in [0.4, 0.5) is 5.95 Å². The summed E-state index contributed by atoms with van der Waals surface area (Å²) in [6, 6.07) is 0. The molecule has 15 heavy (non-hydrogen) atoms. The van der Waals surface area contributed by atoms with Gasteiger partial charge in [-0.05, 0) is 0 Å². The lowest BCUT2D eigenvalue weighted by Crippen LogP contribution is -2.10. The summed E-state index contributed by atoms with van der Waals surface area (Å²) in [6.07, 6.45) is 4.78. The van der Waals surface area contributed by atoms with Gasteiger partial charge in [-0.15, -0.1) is 6.58 Å². The smallest absolute Gasteiger partial charge is 0.230 e. The highest BCUT2D eigenvalue weighted by molar-refractivity contribution is 5.91. The molecule has 2 N–H and O–H groups in total. The molecule has 2 rings (SSSR count). The molecule has 0 fully saturated rings. The molecular formula is C9H9N5O. The van der Waals surface area contributed by atoms with Crippen molar-refractivity contribution in [3.63, 3.8) is 0 Å². The molecule has 0 bridgehead atoms. The second-order valence-electron chi connectivity index (χ2n) is 2.89. The molecule has 2 heterocycles. The van der Waals surface area contributed by atoms with Crippen molar-refractivity contribution in [3.8, 4) is 0 Å². The number of anilines is 1. The summed E-state index contributed by atoms with van der Waals surface area (Å²) in [5.74, 6) is 0.203. The van der Waals surface area contributed by atoms with Crippen LogP contribution in [0.5, 0.6) is 0 Å². The Morgan fingerprint density at radius 3 is 3.27 bits per heavy atom. The quantitative estimate of drug-likeness (QED) is 0.725. The molecule has 0 radical (unpaired) electrons. The van der Waals surface area contributed by atoms with E-state index in [9.17, 15) is 4.79 Å². The lowest BCUT2D eigenvalue weighted by molar-refractivity contribution is -0.115. The molecule has 1 amide bonds. The van der Waals surface area contributed by atoms with Gasteiger partial charge >= 0.3 is 0 Å². The Labute approximate surface area is 85.5 Å². The molecule has 0 spiro atoms. The molecule has 0 atom stereocenters.